The number of hydrogen-bond acceptors (Lipinski definition) is 1. The standard InChI is InChI=1S/C10H8F14O/c11-4(3-25)1-2-5(12,13)6(14,15)7(16,17)8(18,19)9(20,21)10(22,23)24/h4,25H,1-3H2/t4-/m1/s1. The van der Waals surface area contributed by atoms with Crippen molar-refractivity contribution in [3.8, 4) is 0 Å². The zero-order chi connectivity index (χ0) is 20.7. The van der Waals surface area contributed by atoms with Gasteiger partial charge in [0.15, 0.2) is 0 Å². The fourth-order valence-corrected chi connectivity index (χ4v) is 1.39. The van der Waals surface area contributed by atoms with E-state index in [-0.39, 0.29) is 0 Å². The molecule has 0 amide bonds. The first-order chi connectivity index (χ1) is 10.7. The van der Waals surface area contributed by atoms with Crippen molar-refractivity contribution in [3.05, 3.63) is 0 Å². The van der Waals surface area contributed by atoms with Gasteiger partial charge in [-0.05, 0) is 6.42 Å². The lowest BCUT2D eigenvalue weighted by atomic mass is 9.91. The zero-order valence-electron chi connectivity index (χ0n) is 11.4. The minimum atomic E-state index is -7.96. The van der Waals surface area contributed by atoms with Crippen molar-refractivity contribution in [1.82, 2.24) is 0 Å². The van der Waals surface area contributed by atoms with Gasteiger partial charge in [0, 0.05) is 6.42 Å². The summed E-state index contributed by atoms with van der Waals surface area (Å²) < 4.78 is 177. The van der Waals surface area contributed by atoms with Crippen molar-refractivity contribution < 1.29 is 66.6 Å². The van der Waals surface area contributed by atoms with Gasteiger partial charge in [-0.25, -0.2) is 4.39 Å². The second-order valence-corrected chi connectivity index (χ2v) is 4.82. The lowest BCUT2D eigenvalue weighted by Gasteiger charge is -2.39. The van der Waals surface area contributed by atoms with E-state index in [4.69, 9.17) is 5.11 Å². The van der Waals surface area contributed by atoms with Gasteiger partial charge in [0.25, 0.3) is 0 Å². The summed E-state index contributed by atoms with van der Waals surface area (Å²) in [4.78, 5) is 0. The first-order valence-corrected chi connectivity index (χ1v) is 5.91. The van der Waals surface area contributed by atoms with Crippen LogP contribution in [0.15, 0.2) is 0 Å². The van der Waals surface area contributed by atoms with E-state index in [1.165, 1.54) is 0 Å². The number of hydrogen-bond donors (Lipinski definition) is 1. The fraction of sp³-hybridized carbons (Fsp3) is 1.00. The van der Waals surface area contributed by atoms with Crippen LogP contribution in [0.2, 0.25) is 0 Å². The predicted octanol–water partition coefficient (Wildman–Crippen LogP) is 4.84. The van der Waals surface area contributed by atoms with Crippen molar-refractivity contribution in [2.24, 2.45) is 0 Å². The van der Waals surface area contributed by atoms with Crippen molar-refractivity contribution in [2.45, 2.75) is 54.8 Å². The van der Waals surface area contributed by atoms with Crippen molar-refractivity contribution >= 4 is 0 Å². The number of aliphatic hydroxyl groups is 1. The van der Waals surface area contributed by atoms with E-state index in [9.17, 15) is 61.5 Å². The number of alkyl halides is 14. The van der Waals surface area contributed by atoms with Gasteiger partial charge >= 0.3 is 35.8 Å². The van der Waals surface area contributed by atoms with Crippen LogP contribution < -0.4 is 0 Å². The Bertz CT molecular complexity index is 453. The molecule has 0 aliphatic rings. The summed E-state index contributed by atoms with van der Waals surface area (Å²) in [6.07, 6.45) is -14.6. The van der Waals surface area contributed by atoms with Gasteiger partial charge in [0.2, 0.25) is 0 Å². The van der Waals surface area contributed by atoms with E-state index in [1.807, 2.05) is 0 Å². The van der Waals surface area contributed by atoms with Gasteiger partial charge in [-0.15, -0.1) is 0 Å². The summed E-state index contributed by atoms with van der Waals surface area (Å²) in [5.41, 5.74) is 0. The van der Waals surface area contributed by atoms with E-state index in [2.05, 4.69) is 0 Å². The third kappa shape index (κ3) is 3.74. The highest BCUT2D eigenvalue weighted by Gasteiger charge is 2.90. The SMILES string of the molecule is OC[C@H](F)CCC(F)(F)C(F)(F)C(F)(F)C(F)(F)C(F)(F)C(F)(F)F. The summed E-state index contributed by atoms with van der Waals surface area (Å²) in [5, 5.41) is 8.12. The first kappa shape index (κ1) is 24.0. The minimum Gasteiger partial charge on any atom is -0.393 e. The van der Waals surface area contributed by atoms with Crippen LogP contribution in [0.1, 0.15) is 12.8 Å². The van der Waals surface area contributed by atoms with Gasteiger partial charge in [-0.2, -0.15) is 57.1 Å². The second-order valence-electron chi connectivity index (χ2n) is 4.82. The van der Waals surface area contributed by atoms with E-state index >= 15 is 0 Å². The van der Waals surface area contributed by atoms with Crippen LogP contribution in [0.3, 0.4) is 0 Å². The Morgan fingerprint density at radius 1 is 0.600 bits per heavy atom. The Hall–Kier alpha value is -1.02. The molecule has 0 radical (unpaired) electrons. The summed E-state index contributed by atoms with van der Waals surface area (Å²) in [6, 6.07) is 0. The monoisotopic (exact) mass is 410 g/mol. The summed E-state index contributed by atoms with van der Waals surface area (Å²) in [6.45, 7) is -1.56. The second kappa shape index (κ2) is 6.61. The molecule has 25 heavy (non-hydrogen) atoms. The maximum Gasteiger partial charge on any atom is 0.460 e. The van der Waals surface area contributed by atoms with E-state index in [0.717, 1.165) is 0 Å². The zero-order valence-corrected chi connectivity index (χ0v) is 11.4. The third-order valence-electron chi connectivity index (χ3n) is 2.97. The lowest BCUT2D eigenvalue weighted by Crippen LogP contribution is -2.70. The Kier molecular flexibility index (Phi) is 6.34. The van der Waals surface area contributed by atoms with E-state index in [1.54, 1.807) is 0 Å². The van der Waals surface area contributed by atoms with E-state index < -0.39 is 61.4 Å². The summed E-state index contributed by atoms with van der Waals surface area (Å²) in [5.74, 6) is -37.3. The Balaban J connectivity index is 5.95. The molecule has 0 aromatic heterocycles. The van der Waals surface area contributed by atoms with Crippen LogP contribution >= 0.6 is 0 Å². The van der Waals surface area contributed by atoms with Crippen LogP contribution in [0, 0.1) is 0 Å². The average molecular weight is 410 g/mol. The predicted molar refractivity (Wildman–Crippen MR) is 52.0 cm³/mol. The Morgan fingerprint density at radius 3 is 1.28 bits per heavy atom. The average Bonchev–Trinajstić information content (AvgIpc) is 2.42. The van der Waals surface area contributed by atoms with Crippen LogP contribution in [0.25, 0.3) is 0 Å². The molecule has 0 rings (SSSR count). The minimum absolute atomic E-state index is 1.56. The molecule has 0 spiro atoms. The normalized spacial score (nSPS) is 16.9. The molecule has 0 aliphatic carbocycles. The van der Waals surface area contributed by atoms with E-state index in [0.29, 0.717) is 0 Å². The number of halogens is 14. The molecule has 0 unspecified atom stereocenters. The molecule has 0 aliphatic heterocycles. The smallest absolute Gasteiger partial charge is 0.393 e. The highest BCUT2D eigenvalue weighted by atomic mass is 19.4. The molecule has 0 fully saturated rings. The van der Waals surface area contributed by atoms with Gasteiger partial charge in [-0.1, -0.05) is 0 Å². The molecule has 1 atom stereocenters. The maximum atomic E-state index is 13.1. The van der Waals surface area contributed by atoms with Crippen molar-refractivity contribution in [3.63, 3.8) is 0 Å². The molecule has 0 bridgehead atoms. The van der Waals surface area contributed by atoms with Crippen LogP contribution in [0.5, 0.6) is 0 Å². The molecule has 0 aromatic rings. The maximum absolute atomic E-state index is 13.1. The van der Waals surface area contributed by atoms with Crippen molar-refractivity contribution in [2.75, 3.05) is 6.61 Å². The van der Waals surface area contributed by atoms with Crippen LogP contribution in [-0.2, 0) is 0 Å². The molecule has 1 N–H and O–H groups in total. The molecule has 0 saturated carbocycles. The highest BCUT2D eigenvalue weighted by molar-refractivity contribution is 5.10. The number of aliphatic hydroxyl groups excluding tert-OH is 1. The third-order valence-corrected chi connectivity index (χ3v) is 2.97. The topological polar surface area (TPSA) is 20.2 Å². The molecule has 15 heteroatoms. The Labute approximate surface area is 129 Å². The highest BCUT2D eigenvalue weighted by Crippen LogP contribution is 2.60. The molecular formula is C10H8F14O. The van der Waals surface area contributed by atoms with Gasteiger partial charge in [-0.3, -0.25) is 0 Å². The fourth-order valence-electron chi connectivity index (χ4n) is 1.39. The Morgan fingerprint density at radius 2 is 0.960 bits per heavy atom. The van der Waals surface area contributed by atoms with Crippen LogP contribution in [-0.4, -0.2) is 53.7 Å². The largest absolute Gasteiger partial charge is 0.460 e. The lowest BCUT2D eigenvalue weighted by molar-refractivity contribution is -0.440. The quantitative estimate of drug-likeness (QED) is 0.569. The molecular weight excluding hydrogens is 402 g/mol. The molecule has 0 heterocycles. The molecule has 0 saturated heterocycles. The number of rotatable bonds is 8. The van der Waals surface area contributed by atoms with Gasteiger partial charge in [0.1, 0.15) is 6.17 Å². The van der Waals surface area contributed by atoms with Gasteiger partial charge < -0.3 is 5.11 Å². The molecule has 152 valence electrons. The van der Waals surface area contributed by atoms with Crippen LogP contribution in [0.4, 0.5) is 61.5 Å². The summed E-state index contributed by atoms with van der Waals surface area (Å²) in [7, 11) is 0. The van der Waals surface area contributed by atoms with Crippen molar-refractivity contribution in [1.29, 1.82) is 0 Å². The summed E-state index contributed by atoms with van der Waals surface area (Å²) >= 11 is 0. The van der Waals surface area contributed by atoms with Gasteiger partial charge in [0.05, 0.1) is 6.61 Å². The molecule has 1 nitrogen and oxygen atoms in total. The first-order valence-electron chi connectivity index (χ1n) is 5.91. The molecule has 0 aromatic carbocycles.